The van der Waals surface area contributed by atoms with Crippen LogP contribution in [0.5, 0.6) is 0 Å². The van der Waals surface area contributed by atoms with Crippen molar-refractivity contribution in [1.29, 1.82) is 0 Å². The summed E-state index contributed by atoms with van der Waals surface area (Å²) < 4.78 is 46.4. The Kier molecular flexibility index (Phi) is 5.66. The van der Waals surface area contributed by atoms with Crippen LogP contribution in [0.2, 0.25) is 0 Å². The molecule has 4 nitrogen and oxygen atoms in total. The monoisotopic (exact) mass is 334 g/mol. The average Bonchev–Trinajstić information content (AvgIpc) is 2.38. The van der Waals surface area contributed by atoms with Gasteiger partial charge in [0.2, 0.25) is 0 Å². The topological polar surface area (TPSA) is 63.6 Å². The minimum atomic E-state index is -3.31. The van der Waals surface area contributed by atoms with Crippen LogP contribution < -0.4 is 0 Å². The predicted molar refractivity (Wildman–Crippen MR) is 77.5 cm³/mol. The number of carbonyl (C=O) groups excluding carboxylic acids is 1. The summed E-state index contributed by atoms with van der Waals surface area (Å²) in [6.45, 7) is 5.98. The summed E-state index contributed by atoms with van der Waals surface area (Å²) in [6, 6.07) is 0. The zero-order chi connectivity index (χ0) is 18.0. The third-order valence-corrected chi connectivity index (χ3v) is 3.70. The Morgan fingerprint density at radius 1 is 1.39 bits per heavy atom. The van der Waals surface area contributed by atoms with Crippen LogP contribution in [0.3, 0.4) is 0 Å². The van der Waals surface area contributed by atoms with Crippen LogP contribution >= 0.6 is 0 Å². The number of allylic oxidation sites excluding steroid dienone is 3. The Morgan fingerprint density at radius 3 is 2.35 bits per heavy atom. The van der Waals surface area contributed by atoms with E-state index in [4.69, 9.17) is 4.74 Å². The van der Waals surface area contributed by atoms with Crippen LogP contribution in [-0.2, 0) is 14.3 Å². The molecular weight excluding hydrogens is 313 g/mol. The van der Waals surface area contributed by atoms with E-state index in [-0.39, 0.29) is 6.42 Å². The fraction of sp³-hybridized carbons (Fsp3) is 0.625. The lowest BCUT2D eigenvalue weighted by molar-refractivity contribution is -0.179. The van der Waals surface area contributed by atoms with E-state index in [2.05, 4.69) is 0 Å². The quantitative estimate of drug-likeness (QED) is 0.778. The fourth-order valence-electron chi connectivity index (χ4n) is 2.64. The normalized spacial score (nSPS) is 25.9. The molecule has 0 saturated heterocycles. The molecule has 1 aliphatic carbocycles. The molecule has 0 aromatic carbocycles. The first-order valence-electron chi connectivity index (χ1n) is 7.26. The summed E-state index contributed by atoms with van der Waals surface area (Å²) >= 11 is 0. The summed E-state index contributed by atoms with van der Waals surface area (Å²) in [5.41, 5.74) is -3.73. The van der Waals surface area contributed by atoms with E-state index in [1.54, 1.807) is 0 Å². The van der Waals surface area contributed by atoms with Crippen LogP contribution in [0.4, 0.5) is 13.2 Å². The molecule has 130 valence electrons. The third kappa shape index (κ3) is 3.95. The number of esters is 1. The largest absolute Gasteiger partial charge is 0.481 e. The van der Waals surface area contributed by atoms with E-state index in [1.807, 2.05) is 0 Å². The molecule has 0 aromatic heterocycles. The number of hydrogen-bond donors (Lipinski definition) is 1. The van der Waals surface area contributed by atoms with Gasteiger partial charge in [0.1, 0.15) is 11.4 Å². The zero-order valence-corrected chi connectivity index (χ0v) is 13.5. The van der Waals surface area contributed by atoms with Crippen LogP contribution in [0.25, 0.3) is 0 Å². The number of carbonyl (C=O) groups is 2. The molecule has 0 saturated carbocycles. The lowest BCUT2D eigenvalue weighted by Gasteiger charge is -2.40. The van der Waals surface area contributed by atoms with Gasteiger partial charge in [-0.05, 0) is 39.3 Å². The second-order valence-corrected chi connectivity index (χ2v) is 6.50. The lowest BCUT2D eigenvalue weighted by Crippen LogP contribution is -2.50. The standard InChI is InChI=1S/C16H21F3O4/c1-5-10(12(20)21)11-7-6-9(17)8-16(11,13(18)19)14(22)23-15(2,3)4/h6-8,10-11,13H,5H2,1-4H3,(H,20,21). The van der Waals surface area contributed by atoms with Crippen molar-refractivity contribution in [3.05, 3.63) is 24.1 Å². The van der Waals surface area contributed by atoms with Gasteiger partial charge in [-0.15, -0.1) is 0 Å². The van der Waals surface area contributed by atoms with Gasteiger partial charge < -0.3 is 9.84 Å². The maximum absolute atomic E-state index is 13.8. The second kappa shape index (κ2) is 6.76. The number of hydrogen-bond acceptors (Lipinski definition) is 3. The van der Waals surface area contributed by atoms with E-state index < -0.39 is 47.0 Å². The molecule has 1 aliphatic rings. The summed E-state index contributed by atoms with van der Waals surface area (Å²) in [4.78, 5) is 23.8. The summed E-state index contributed by atoms with van der Waals surface area (Å²) in [6.07, 6.45) is -0.889. The van der Waals surface area contributed by atoms with Crippen molar-refractivity contribution in [2.24, 2.45) is 17.3 Å². The Balaban J connectivity index is 3.45. The molecule has 0 spiro atoms. The predicted octanol–water partition coefficient (Wildman–Crippen LogP) is 3.73. The van der Waals surface area contributed by atoms with Gasteiger partial charge in [0.05, 0.1) is 5.92 Å². The first kappa shape index (κ1) is 19.3. The van der Waals surface area contributed by atoms with Crippen molar-refractivity contribution in [3.63, 3.8) is 0 Å². The van der Waals surface area contributed by atoms with Crippen molar-refractivity contribution in [2.45, 2.75) is 46.1 Å². The van der Waals surface area contributed by atoms with Crippen molar-refractivity contribution in [2.75, 3.05) is 0 Å². The highest BCUT2D eigenvalue weighted by Gasteiger charge is 2.57. The highest BCUT2D eigenvalue weighted by molar-refractivity contribution is 5.83. The molecule has 7 heteroatoms. The van der Waals surface area contributed by atoms with Gasteiger partial charge in [-0.1, -0.05) is 13.0 Å². The molecule has 0 radical (unpaired) electrons. The summed E-state index contributed by atoms with van der Waals surface area (Å²) in [5.74, 6) is -6.35. The van der Waals surface area contributed by atoms with E-state index >= 15 is 0 Å². The van der Waals surface area contributed by atoms with Gasteiger partial charge in [-0.2, -0.15) is 0 Å². The molecule has 0 heterocycles. The highest BCUT2D eigenvalue weighted by Crippen LogP contribution is 2.47. The number of alkyl halides is 2. The molecule has 0 bridgehead atoms. The Bertz CT molecular complexity index is 534. The Morgan fingerprint density at radius 2 is 1.96 bits per heavy atom. The maximum Gasteiger partial charge on any atom is 0.323 e. The molecule has 1 rings (SSSR count). The molecule has 3 unspecified atom stereocenters. The first-order chi connectivity index (χ1) is 10.5. The zero-order valence-electron chi connectivity index (χ0n) is 13.5. The van der Waals surface area contributed by atoms with Crippen LogP contribution in [0.15, 0.2) is 24.1 Å². The van der Waals surface area contributed by atoms with Gasteiger partial charge in [-0.25, -0.2) is 13.2 Å². The average molecular weight is 334 g/mol. The summed E-state index contributed by atoms with van der Waals surface area (Å²) in [7, 11) is 0. The van der Waals surface area contributed by atoms with Crippen LogP contribution in [0, 0.1) is 17.3 Å². The summed E-state index contributed by atoms with van der Waals surface area (Å²) in [5, 5.41) is 9.27. The molecular formula is C16H21F3O4. The van der Waals surface area contributed by atoms with E-state index in [0.717, 1.165) is 12.2 Å². The first-order valence-corrected chi connectivity index (χ1v) is 7.26. The van der Waals surface area contributed by atoms with E-state index in [1.165, 1.54) is 27.7 Å². The number of aliphatic carboxylic acids is 1. The molecule has 0 aliphatic heterocycles. The Hall–Kier alpha value is -1.79. The molecule has 1 N–H and O–H groups in total. The molecule has 0 fully saturated rings. The van der Waals surface area contributed by atoms with Gasteiger partial charge in [-0.3, -0.25) is 9.59 Å². The number of halogens is 3. The van der Waals surface area contributed by atoms with Crippen molar-refractivity contribution >= 4 is 11.9 Å². The number of carboxylic acids is 1. The Labute approximate surface area is 133 Å². The smallest absolute Gasteiger partial charge is 0.323 e. The van der Waals surface area contributed by atoms with Gasteiger partial charge >= 0.3 is 11.9 Å². The number of carboxylic acid groups (broad SMARTS) is 1. The van der Waals surface area contributed by atoms with Gasteiger partial charge in [0.15, 0.2) is 5.41 Å². The van der Waals surface area contributed by atoms with Crippen LogP contribution in [0.1, 0.15) is 34.1 Å². The molecule has 23 heavy (non-hydrogen) atoms. The molecule has 0 aromatic rings. The fourth-order valence-corrected chi connectivity index (χ4v) is 2.64. The minimum absolute atomic E-state index is 0.0110. The van der Waals surface area contributed by atoms with Gasteiger partial charge in [0.25, 0.3) is 6.43 Å². The maximum atomic E-state index is 13.8. The van der Waals surface area contributed by atoms with Crippen LogP contribution in [-0.4, -0.2) is 29.1 Å². The number of ether oxygens (including phenoxy) is 1. The molecule has 0 amide bonds. The SMILES string of the molecule is CCC(C(=O)O)C1C=CC(F)=CC1(C(=O)OC(C)(C)C)C(F)F. The molecule has 3 atom stereocenters. The highest BCUT2D eigenvalue weighted by atomic mass is 19.3. The number of rotatable bonds is 5. The van der Waals surface area contributed by atoms with Crippen molar-refractivity contribution in [3.8, 4) is 0 Å². The van der Waals surface area contributed by atoms with Crippen molar-refractivity contribution in [1.82, 2.24) is 0 Å². The lowest BCUT2D eigenvalue weighted by atomic mass is 9.66. The second-order valence-electron chi connectivity index (χ2n) is 6.50. The third-order valence-electron chi connectivity index (χ3n) is 3.70. The minimum Gasteiger partial charge on any atom is -0.481 e. The van der Waals surface area contributed by atoms with E-state index in [0.29, 0.717) is 6.08 Å². The van der Waals surface area contributed by atoms with Gasteiger partial charge in [0, 0.05) is 5.92 Å². The van der Waals surface area contributed by atoms with Crippen molar-refractivity contribution < 1.29 is 32.6 Å². The van der Waals surface area contributed by atoms with E-state index in [9.17, 15) is 27.9 Å².